The average Bonchev–Trinajstić information content (AvgIpc) is 2.39. The molecule has 17 heavy (non-hydrogen) atoms. The summed E-state index contributed by atoms with van der Waals surface area (Å²) >= 11 is 0. The van der Waals surface area contributed by atoms with Crippen LogP contribution in [0.5, 0.6) is 0 Å². The first-order chi connectivity index (χ1) is 8.25. The summed E-state index contributed by atoms with van der Waals surface area (Å²) in [6, 6.07) is 0.696. The van der Waals surface area contributed by atoms with Gasteiger partial charge in [0.25, 0.3) is 0 Å². The van der Waals surface area contributed by atoms with Gasteiger partial charge in [-0.05, 0) is 63.8 Å². The standard InChI is InChI=1S/C15H29NO/c1-12(14-5-3-2-4-6-14)16-11-13-7-9-15(17)10-8-13/h12-17H,2-11H2,1H3. The Morgan fingerprint density at radius 2 is 1.65 bits per heavy atom. The molecule has 0 aromatic rings. The molecule has 2 heteroatoms. The number of aliphatic hydroxyl groups excluding tert-OH is 1. The highest BCUT2D eigenvalue weighted by atomic mass is 16.3. The van der Waals surface area contributed by atoms with E-state index in [1.54, 1.807) is 0 Å². The molecular formula is C15H29NO. The molecule has 0 aromatic carbocycles. The molecule has 0 radical (unpaired) electrons. The van der Waals surface area contributed by atoms with Crippen LogP contribution >= 0.6 is 0 Å². The van der Waals surface area contributed by atoms with Crippen molar-refractivity contribution in [3.8, 4) is 0 Å². The highest BCUT2D eigenvalue weighted by Gasteiger charge is 2.22. The van der Waals surface area contributed by atoms with Crippen LogP contribution < -0.4 is 5.32 Å². The Morgan fingerprint density at radius 1 is 1.00 bits per heavy atom. The van der Waals surface area contributed by atoms with Gasteiger partial charge in [-0.15, -0.1) is 0 Å². The van der Waals surface area contributed by atoms with Crippen LogP contribution in [0.3, 0.4) is 0 Å². The third-order valence-electron chi connectivity index (χ3n) is 4.90. The summed E-state index contributed by atoms with van der Waals surface area (Å²) in [5.41, 5.74) is 0. The normalized spacial score (nSPS) is 33.5. The number of rotatable bonds is 4. The summed E-state index contributed by atoms with van der Waals surface area (Å²) in [6.07, 6.45) is 11.6. The van der Waals surface area contributed by atoms with Crippen LogP contribution in [0, 0.1) is 11.8 Å². The van der Waals surface area contributed by atoms with Crippen molar-refractivity contribution in [1.29, 1.82) is 0 Å². The van der Waals surface area contributed by atoms with Gasteiger partial charge < -0.3 is 10.4 Å². The predicted octanol–water partition coefficient (Wildman–Crippen LogP) is 3.10. The predicted molar refractivity (Wildman–Crippen MR) is 72.0 cm³/mol. The average molecular weight is 239 g/mol. The molecule has 100 valence electrons. The maximum atomic E-state index is 9.49. The first-order valence-electron chi connectivity index (χ1n) is 7.67. The van der Waals surface area contributed by atoms with Gasteiger partial charge in [-0.3, -0.25) is 0 Å². The van der Waals surface area contributed by atoms with Gasteiger partial charge >= 0.3 is 0 Å². The molecule has 2 nitrogen and oxygen atoms in total. The van der Waals surface area contributed by atoms with Crippen LogP contribution in [0.2, 0.25) is 0 Å². The summed E-state index contributed by atoms with van der Waals surface area (Å²) in [5, 5.41) is 13.2. The molecule has 0 bridgehead atoms. The molecule has 2 N–H and O–H groups in total. The van der Waals surface area contributed by atoms with Gasteiger partial charge in [-0.1, -0.05) is 19.3 Å². The molecule has 1 atom stereocenters. The van der Waals surface area contributed by atoms with Crippen molar-refractivity contribution in [3.05, 3.63) is 0 Å². The number of aliphatic hydroxyl groups is 1. The summed E-state index contributed by atoms with van der Waals surface area (Å²) in [5.74, 6) is 1.72. The molecule has 2 aliphatic carbocycles. The lowest BCUT2D eigenvalue weighted by Gasteiger charge is -2.31. The zero-order chi connectivity index (χ0) is 12.1. The van der Waals surface area contributed by atoms with Crippen molar-refractivity contribution in [2.45, 2.75) is 76.9 Å². The topological polar surface area (TPSA) is 32.3 Å². The van der Waals surface area contributed by atoms with E-state index < -0.39 is 0 Å². The van der Waals surface area contributed by atoms with Crippen LogP contribution in [-0.2, 0) is 0 Å². The minimum Gasteiger partial charge on any atom is -0.393 e. The fraction of sp³-hybridized carbons (Fsp3) is 1.00. The Kier molecular flexibility index (Phi) is 5.30. The van der Waals surface area contributed by atoms with E-state index in [0.29, 0.717) is 6.04 Å². The Balaban J connectivity index is 1.63. The van der Waals surface area contributed by atoms with Gasteiger partial charge in [0.2, 0.25) is 0 Å². The molecule has 0 saturated heterocycles. The maximum absolute atomic E-state index is 9.49. The van der Waals surface area contributed by atoms with Crippen LogP contribution in [0.1, 0.15) is 64.7 Å². The fourth-order valence-corrected chi connectivity index (χ4v) is 3.50. The summed E-state index contributed by atoms with van der Waals surface area (Å²) in [7, 11) is 0. The van der Waals surface area contributed by atoms with E-state index in [1.807, 2.05) is 0 Å². The van der Waals surface area contributed by atoms with Crippen molar-refractivity contribution in [2.24, 2.45) is 11.8 Å². The smallest absolute Gasteiger partial charge is 0.0540 e. The van der Waals surface area contributed by atoms with Gasteiger partial charge in [0, 0.05) is 6.04 Å². The van der Waals surface area contributed by atoms with Crippen LogP contribution in [0.25, 0.3) is 0 Å². The van der Waals surface area contributed by atoms with Gasteiger partial charge in [-0.2, -0.15) is 0 Å². The molecule has 0 spiro atoms. The molecule has 0 amide bonds. The molecule has 0 aliphatic heterocycles. The van der Waals surface area contributed by atoms with Gasteiger partial charge in [0.1, 0.15) is 0 Å². The maximum Gasteiger partial charge on any atom is 0.0540 e. The Hall–Kier alpha value is -0.0800. The highest BCUT2D eigenvalue weighted by Crippen LogP contribution is 2.27. The van der Waals surface area contributed by atoms with Crippen molar-refractivity contribution in [1.82, 2.24) is 5.32 Å². The molecule has 2 saturated carbocycles. The first kappa shape index (κ1) is 13.4. The van der Waals surface area contributed by atoms with Gasteiger partial charge in [0.05, 0.1) is 6.10 Å². The van der Waals surface area contributed by atoms with Crippen molar-refractivity contribution in [2.75, 3.05) is 6.54 Å². The molecular weight excluding hydrogens is 210 g/mol. The molecule has 2 rings (SSSR count). The van der Waals surface area contributed by atoms with E-state index in [1.165, 1.54) is 51.5 Å². The second-order valence-electron chi connectivity index (χ2n) is 6.27. The highest BCUT2D eigenvalue weighted by molar-refractivity contribution is 4.79. The van der Waals surface area contributed by atoms with Gasteiger partial charge in [-0.25, -0.2) is 0 Å². The monoisotopic (exact) mass is 239 g/mol. The molecule has 1 unspecified atom stereocenters. The lowest BCUT2D eigenvalue weighted by atomic mass is 9.83. The molecule has 0 heterocycles. The quantitative estimate of drug-likeness (QED) is 0.790. The Bertz CT molecular complexity index is 205. The van der Waals surface area contributed by atoms with Gasteiger partial charge in [0.15, 0.2) is 0 Å². The summed E-state index contributed by atoms with van der Waals surface area (Å²) < 4.78 is 0. The Labute approximate surface area is 106 Å². The van der Waals surface area contributed by atoms with E-state index in [4.69, 9.17) is 0 Å². The molecule has 2 fully saturated rings. The van der Waals surface area contributed by atoms with Crippen LogP contribution in [-0.4, -0.2) is 23.8 Å². The lowest BCUT2D eigenvalue weighted by Crippen LogP contribution is -2.38. The third kappa shape index (κ3) is 4.26. The molecule has 0 aromatic heterocycles. The number of nitrogens with one attached hydrogen (secondary N) is 1. The van der Waals surface area contributed by atoms with E-state index in [0.717, 1.165) is 24.7 Å². The van der Waals surface area contributed by atoms with Crippen molar-refractivity contribution < 1.29 is 5.11 Å². The van der Waals surface area contributed by atoms with E-state index in [9.17, 15) is 5.11 Å². The second-order valence-corrected chi connectivity index (χ2v) is 6.27. The van der Waals surface area contributed by atoms with Crippen LogP contribution in [0.4, 0.5) is 0 Å². The van der Waals surface area contributed by atoms with E-state index in [2.05, 4.69) is 12.2 Å². The summed E-state index contributed by atoms with van der Waals surface area (Å²) in [6.45, 7) is 3.54. The minimum atomic E-state index is -0.0120. The van der Waals surface area contributed by atoms with E-state index in [-0.39, 0.29) is 6.10 Å². The lowest BCUT2D eigenvalue weighted by molar-refractivity contribution is 0.106. The SMILES string of the molecule is CC(NCC1CCC(O)CC1)C1CCCCC1. The van der Waals surface area contributed by atoms with E-state index >= 15 is 0 Å². The van der Waals surface area contributed by atoms with Crippen molar-refractivity contribution in [3.63, 3.8) is 0 Å². The van der Waals surface area contributed by atoms with Crippen molar-refractivity contribution >= 4 is 0 Å². The van der Waals surface area contributed by atoms with Crippen LogP contribution in [0.15, 0.2) is 0 Å². The second kappa shape index (κ2) is 6.75. The molecule has 2 aliphatic rings. The summed E-state index contributed by atoms with van der Waals surface area (Å²) in [4.78, 5) is 0. The first-order valence-corrected chi connectivity index (χ1v) is 7.67. The zero-order valence-corrected chi connectivity index (χ0v) is 11.3. The zero-order valence-electron chi connectivity index (χ0n) is 11.3. The largest absolute Gasteiger partial charge is 0.393 e. The number of hydrogen-bond acceptors (Lipinski definition) is 2. The minimum absolute atomic E-state index is 0.0120. The number of hydrogen-bond donors (Lipinski definition) is 2. The fourth-order valence-electron chi connectivity index (χ4n) is 3.50. The third-order valence-corrected chi connectivity index (χ3v) is 4.90. The Morgan fingerprint density at radius 3 is 2.29 bits per heavy atom.